The predicted octanol–water partition coefficient (Wildman–Crippen LogP) is 7.35. The van der Waals surface area contributed by atoms with Crippen molar-refractivity contribution in [3.05, 3.63) is 62.6 Å². The number of anilines is 1. The molecular formula is C25H32Cl2N2O2. The largest absolute Gasteiger partial charge is 0.465 e. The lowest BCUT2D eigenvalue weighted by Crippen LogP contribution is -2.33. The number of nitrogens with zero attached hydrogens (tertiary/aromatic N) is 2. The summed E-state index contributed by atoms with van der Waals surface area (Å²) in [5, 5.41) is 11.1. The Hall–Kier alpha value is -1.91. The van der Waals surface area contributed by atoms with Gasteiger partial charge < -0.3 is 10.0 Å². The van der Waals surface area contributed by atoms with Crippen molar-refractivity contribution in [2.75, 3.05) is 18.0 Å². The zero-order valence-electron chi connectivity index (χ0n) is 18.6. The van der Waals surface area contributed by atoms with Crippen molar-refractivity contribution in [2.45, 2.75) is 65.5 Å². The molecule has 0 bridgehead atoms. The van der Waals surface area contributed by atoms with Crippen LogP contribution in [0.4, 0.5) is 10.5 Å². The van der Waals surface area contributed by atoms with E-state index in [1.165, 1.54) is 28.1 Å². The first kappa shape index (κ1) is 23.7. The van der Waals surface area contributed by atoms with Crippen molar-refractivity contribution < 1.29 is 9.90 Å². The van der Waals surface area contributed by atoms with Crippen LogP contribution in [0.2, 0.25) is 10.0 Å². The number of amides is 1. The van der Waals surface area contributed by atoms with Crippen LogP contribution in [0, 0.1) is 0 Å². The molecule has 0 aromatic heterocycles. The molecule has 31 heavy (non-hydrogen) atoms. The molecule has 4 nitrogen and oxygen atoms in total. The molecule has 1 aliphatic carbocycles. The summed E-state index contributed by atoms with van der Waals surface area (Å²) in [6, 6.07) is 9.41. The molecule has 1 N–H and O–H groups in total. The molecule has 1 atom stereocenters. The zero-order chi connectivity index (χ0) is 22.5. The van der Waals surface area contributed by atoms with E-state index in [1.54, 1.807) is 18.2 Å². The second-order valence-corrected chi connectivity index (χ2v) is 9.20. The van der Waals surface area contributed by atoms with E-state index < -0.39 is 6.09 Å². The van der Waals surface area contributed by atoms with Gasteiger partial charge in [0.15, 0.2) is 0 Å². The highest BCUT2D eigenvalue weighted by atomic mass is 35.5. The van der Waals surface area contributed by atoms with Gasteiger partial charge in [0.25, 0.3) is 0 Å². The molecule has 2 aromatic carbocycles. The van der Waals surface area contributed by atoms with Crippen LogP contribution < -0.4 is 4.90 Å². The number of hydrogen-bond donors (Lipinski definition) is 1. The van der Waals surface area contributed by atoms with Crippen molar-refractivity contribution in [3.8, 4) is 0 Å². The van der Waals surface area contributed by atoms with Crippen LogP contribution in [0.3, 0.4) is 0 Å². The lowest BCUT2D eigenvalue weighted by molar-refractivity contribution is 0.124. The quantitative estimate of drug-likeness (QED) is 0.423. The Morgan fingerprint density at radius 1 is 1.06 bits per heavy atom. The third-order valence-electron chi connectivity index (χ3n) is 6.22. The molecule has 1 unspecified atom stereocenters. The Morgan fingerprint density at radius 2 is 1.71 bits per heavy atom. The van der Waals surface area contributed by atoms with E-state index >= 15 is 0 Å². The van der Waals surface area contributed by atoms with Gasteiger partial charge in [-0.05, 0) is 86.1 Å². The average Bonchev–Trinajstić information content (AvgIpc) is 3.18. The van der Waals surface area contributed by atoms with Gasteiger partial charge in [0.1, 0.15) is 0 Å². The Kier molecular flexibility index (Phi) is 8.12. The van der Waals surface area contributed by atoms with Crippen LogP contribution in [0.25, 0.3) is 0 Å². The van der Waals surface area contributed by atoms with Crippen LogP contribution >= 0.6 is 23.2 Å². The molecule has 0 heterocycles. The van der Waals surface area contributed by atoms with Crippen LogP contribution in [-0.4, -0.2) is 29.2 Å². The van der Waals surface area contributed by atoms with Crippen molar-refractivity contribution in [1.29, 1.82) is 0 Å². The van der Waals surface area contributed by atoms with Gasteiger partial charge in [-0.1, -0.05) is 42.6 Å². The molecule has 6 heteroatoms. The van der Waals surface area contributed by atoms with E-state index in [0.29, 0.717) is 16.6 Å². The molecule has 1 aliphatic rings. The summed E-state index contributed by atoms with van der Waals surface area (Å²) in [7, 11) is 0. The van der Waals surface area contributed by atoms with Crippen LogP contribution in [0.1, 0.15) is 68.3 Å². The van der Waals surface area contributed by atoms with Crippen LogP contribution in [-0.2, 0) is 19.4 Å². The molecule has 0 spiro atoms. The molecule has 0 fully saturated rings. The maximum atomic E-state index is 12.3. The van der Waals surface area contributed by atoms with Gasteiger partial charge in [-0.15, -0.1) is 0 Å². The van der Waals surface area contributed by atoms with Crippen molar-refractivity contribution in [3.63, 3.8) is 0 Å². The number of carbonyl (C=O) groups is 1. The van der Waals surface area contributed by atoms with Crippen molar-refractivity contribution in [2.24, 2.45) is 0 Å². The molecule has 0 radical (unpaired) electrons. The van der Waals surface area contributed by atoms with Crippen LogP contribution in [0.15, 0.2) is 30.3 Å². The summed E-state index contributed by atoms with van der Waals surface area (Å²) in [4.78, 5) is 16.2. The van der Waals surface area contributed by atoms with E-state index in [9.17, 15) is 9.90 Å². The lowest BCUT2D eigenvalue weighted by Gasteiger charge is -2.31. The SMILES string of the molecule is CCCCN(CC)c1cc2c(cc1CN(C(=O)O)C(C)c1cc(Cl)cc(Cl)c1)CCC2. The monoisotopic (exact) mass is 462 g/mol. The van der Waals surface area contributed by atoms with E-state index in [-0.39, 0.29) is 6.04 Å². The van der Waals surface area contributed by atoms with Gasteiger partial charge in [-0.3, -0.25) is 4.90 Å². The molecule has 1 amide bonds. The number of rotatable bonds is 9. The number of aryl methyl sites for hydroxylation is 2. The minimum atomic E-state index is -0.952. The first-order valence-electron chi connectivity index (χ1n) is 11.2. The molecule has 0 aliphatic heterocycles. The molecule has 3 rings (SSSR count). The highest BCUT2D eigenvalue weighted by Crippen LogP contribution is 2.34. The fourth-order valence-corrected chi connectivity index (χ4v) is 4.97. The van der Waals surface area contributed by atoms with Crippen molar-refractivity contribution >= 4 is 35.0 Å². The third-order valence-corrected chi connectivity index (χ3v) is 6.65. The fraction of sp³-hybridized carbons (Fsp3) is 0.480. The first-order valence-corrected chi connectivity index (χ1v) is 11.9. The van der Waals surface area contributed by atoms with Gasteiger partial charge >= 0.3 is 6.09 Å². The van der Waals surface area contributed by atoms with Gasteiger partial charge in [-0.2, -0.15) is 0 Å². The van der Waals surface area contributed by atoms with Gasteiger partial charge in [-0.25, -0.2) is 4.79 Å². The number of carboxylic acid groups (broad SMARTS) is 1. The maximum Gasteiger partial charge on any atom is 0.408 e. The second-order valence-electron chi connectivity index (χ2n) is 8.33. The summed E-state index contributed by atoms with van der Waals surface area (Å²) in [5.74, 6) is 0. The second kappa shape index (κ2) is 10.6. The molecule has 2 aromatic rings. The van der Waals surface area contributed by atoms with E-state index in [4.69, 9.17) is 23.2 Å². The minimum absolute atomic E-state index is 0.325. The molecule has 0 saturated heterocycles. The lowest BCUT2D eigenvalue weighted by atomic mass is 10.0. The summed E-state index contributed by atoms with van der Waals surface area (Å²) in [6.45, 7) is 8.45. The number of hydrogen-bond acceptors (Lipinski definition) is 2. The number of fused-ring (bicyclic) bond motifs is 1. The summed E-state index contributed by atoms with van der Waals surface area (Å²) in [5.41, 5.74) is 5.79. The Morgan fingerprint density at radius 3 is 2.29 bits per heavy atom. The standard InChI is InChI=1S/C25H32Cl2N2O2/c1-4-6-10-28(5-2)24-14-19-9-7-8-18(19)11-21(24)16-29(25(30)31)17(3)20-12-22(26)15-23(27)13-20/h11-15,17H,4-10,16H2,1-3H3,(H,30,31). The van der Waals surface area contributed by atoms with E-state index in [2.05, 4.69) is 30.9 Å². The summed E-state index contributed by atoms with van der Waals surface area (Å²) < 4.78 is 0. The van der Waals surface area contributed by atoms with Gasteiger partial charge in [0.05, 0.1) is 12.6 Å². The third kappa shape index (κ3) is 5.67. The van der Waals surface area contributed by atoms with Crippen molar-refractivity contribution in [1.82, 2.24) is 4.90 Å². The average molecular weight is 463 g/mol. The molecule has 0 saturated carbocycles. The summed E-state index contributed by atoms with van der Waals surface area (Å²) in [6.07, 6.45) is 4.63. The number of halogens is 2. The fourth-order valence-electron chi connectivity index (χ4n) is 4.43. The van der Waals surface area contributed by atoms with Gasteiger partial charge in [0, 0.05) is 28.8 Å². The topological polar surface area (TPSA) is 43.8 Å². The molecular weight excluding hydrogens is 431 g/mol. The summed E-state index contributed by atoms with van der Waals surface area (Å²) >= 11 is 12.4. The Bertz CT molecular complexity index is 912. The minimum Gasteiger partial charge on any atom is -0.465 e. The maximum absolute atomic E-state index is 12.3. The Balaban J connectivity index is 1.98. The number of benzene rings is 2. The smallest absolute Gasteiger partial charge is 0.408 e. The van der Waals surface area contributed by atoms with Gasteiger partial charge in [0.2, 0.25) is 0 Å². The highest BCUT2D eigenvalue weighted by Gasteiger charge is 2.25. The first-order chi connectivity index (χ1) is 14.8. The molecule has 168 valence electrons. The Labute approximate surface area is 195 Å². The number of unbranched alkanes of at least 4 members (excludes halogenated alkanes) is 1. The van der Waals surface area contributed by atoms with E-state index in [0.717, 1.165) is 49.9 Å². The highest BCUT2D eigenvalue weighted by molar-refractivity contribution is 6.34. The zero-order valence-corrected chi connectivity index (χ0v) is 20.1. The van der Waals surface area contributed by atoms with Crippen LogP contribution in [0.5, 0.6) is 0 Å². The normalized spacial score (nSPS) is 13.7. The predicted molar refractivity (Wildman–Crippen MR) is 130 cm³/mol. The van der Waals surface area contributed by atoms with E-state index in [1.807, 2.05) is 6.92 Å².